The van der Waals surface area contributed by atoms with Crippen molar-refractivity contribution in [3.05, 3.63) is 33.5 Å². The summed E-state index contributed by atoms with van der Waals surface area (Å²) in [6.45, 7) is 0. The highest BCUT2D eigenvalue weighted by Gasteiger charge is 2.35. The van der Waals surface area contributed by atoms with E-state index < -0.39 is 11.6 Å². The van der Waals surface area contributed by atoms with E-state index in [1.54, 1.807) is 0 Å². The van der Waals surface area contributed by atoms with Gasteiger partial charge in [-0.1, -0.05) is 0 Å². The second-order valence-corrected chi connectivity index (χ2v) is 7.60. The van der Waals surface area contributed by atoms with Gasteiger partial charge in [-0.3, -0.25) is 5.41 Å². The molecule has 0 atom stereocenters. The van der Waals surface area contributed by atoms with Gasteiger partial charge in [0.25, 0.3) is 0 Å². The first-order valence-electron chi connectivity index (χ1n) is 6.57. The fourth-order valence-electron chi connectivity index (χ4n) is 3.03. The van der Waals surface area contributed by atoms with Crippen LogP contribution in [0, 0.1) is 17.0 Å². The molecule has 0 saturated heterocycles. The molecule has 0 fully saturated rings. The molecule has 1 aromatic carbocycles. The van der Waals surface area contributed by atoms with Crippen LogP contribution in [0.25, 0.3) is 31.6 Å². The maximum atomic E-state index is 14.3. The van der Waals surface area contributed by atoms with Gasteiger partial charge in [0.1, 0.15) is 28.4 Å². The molecule has 0 unspecified atom stereocenters. The van der Waals surface area contributed by atoms with Crippen molar-refractivity contribution in [1.82, 2.24) is 8.75 Å². The number of thiol groups is 1. The minimum Gasteiger partial charge on any atom is -0.298 e. The number of rotatable bonds is 0. The molecule has 1 aliphatic carbocycles. The Balaban J connectivity index is 2.11. The van der Waals surface area contributed by atoms with Gasteiger partial charge in [-0.25, -0.2) is 13.2 Å². The standard InChI is InChI=1S/C14H4F2N4S4/c15-3-1-23-14-5(3)10(18-21)9(17)7-8(14)12-11(19-24-20-12)6-4(16)2-22-13(6)7/h1-2,17,21H/b17-9?,18-10-. The zero-order chi connectivity index (χ0) is 16.6. The maximum Gasteiger partial charge on any atom is 0.144 e. The van der Waals surface area contributed by atoms with Crippen LogP contribution in [-0.2, 0) is 0 Å². The van der Waals surface area contributed by atoms with Gasteiger partial charge >= 0.3 is 0 Å². The van der Waals surface area contributed by atoms with E-state index in [4.69, 9.17) is 5.41 Å². The van der Waals surface area contributed by atoms with Gasteiger partial charge in [-0.2, -0.15) is 8.75 Å². The van der Waals surface area contributed by atoms with Crippen LogP contribution in [0.5, 0.6) is 0 Å². The lowest BCUT2D eigenvalue weighted by Gasteiger charge is -2.20. The van der Waals surface area contributed by atoms with Crippen molar-refractivity contribution in [2.45, 2.75) is 0 Å². The Kier molecular flexibility index (Phi) is 2.97. The molecule has 5 rings (SSSR count). The molecule has 4 aromatic rings. The Morgan fingerprint density at radius 3 is 2.54 bits per heavy atom. The topological polar surface area (TPSA) is 62.0 Å². The summed E-state index contributed by atoms with van der Waals surface area (Å²) >= 11 is 7.29. The highest BCUT2D eigenvalue weighted by Crippen LogP contribution is 2.48. The minimum absolute atomic E-state index is 0.0200. The molecule has 4 nitrogen and oxygen atoms in total. The van der Waals surface area contributed by atoms with E-state index in [0.717, 1.165) is 11.7 Å². The molecular weight excluding hydrogens is 390 g/mol. The second kappa shape index (κ2) is 4.88. The number of fused-ring (bicyclic) bond motifs is 8. The summed E-state index contributed by atoms with van der Waals surface area (Å²) < 4.78 is 41.5. The van der Waals surface area contributed by atoms with Crippen LogP contribution < -0.4 is 0 Å². The molecule has 1 N–H and O–H groups in total. The van der Waals surface area contributed by atoms with Crippen LogP contribution in [0.2, 0.25) is 0 Å². The summed E-state index contributed by atoms with van der Waals surface area (Å²) in [6.07, 6.45) is 0. The van der Waals surface area contributed by atoms with Crippen molar-refractivity contribution in [1.29, 1.82) is 5.41 Å². The summed E-state index contributed by atoms with van der Waals surface area (Å²) in [7, 11) is 0. The summed E-state index contributed by atoms with van der Waals surface area (Å²) in [6, 6.07) is 0. The van der Waals surface area contributed by atoms with Crippen molar-refractivity contribution < 1.29 is 8.78 Å². The van der Waals surface area contributed by atoms with E-state index in [9.17, 15) is 8.78 Å². The van der Waals surface area contributed by atoms with Crippen LogP contribution in [0.15, 0.2) is 15.2 Å². The molecule has 0 radical (unpaired) electrons. The largest absolute Gasteiger partial charge is 0.298 e. The predicted molar refractivity (Wildman–Crippen MR) is 98.4 cm³/mol. The smallest absolute Gasteiger partial charge is 0.144 e. The zero-order valence-corrected chi connectivity index (χ0v) is 14.8. The molecule has 3 heterocycles. The van der Waals surface area contributed by atoms with Crippen LogP contribution in [0.3, 0.4) is 0 Å². The lowest BCUT2D eigenvalue weighted by Crippen LogP contribution is -2.22. The summed E-state index contributed by atoms with van der Waals surface area (Å²) in [5.41, 5.74) is 2.50. The molecule has 0 spiro atoms. The van der Waals surface area contributed by atoms with Gasteiger partial charge in [-0.15, -0.1) is 22.7 Å². The Morgan fingerprint density at radius 1 is 1.00 bits per heavy atom. The molecule has 1 aliphatic rings. The van der Waals surface area contributed by atoms with E-state index in [1.165, 1.54) is 33.4 Å². The average molecular weight is 394 g/mol. The fraction of sp³-hybridized carbons (Fsp3) is 0. The van der Waals surface area contributed by atoms with Crippen molar-refractivity contribution in [2.75, 3.05) is 0 Å². The van der Waals surface area contributed by atoms with Crippen molar-refractivity contribution in [3.63, 3.8) is 0 Å². The zero-order valence-electron chi connectivity index (χ0n) is 11.4. The molecule has 118 valence electrons. The lowest BCUT2D eigenvalue weighted by molar-refractivity contribution is 0.631. The third-order valence-electron chi connectivity index (χ3n) is 3.98. The Bertz CT molecular complexity index is 1220. The molecule has 0 aliphatic heterocycles. The van der Waals surface area contributed by atoms with Crippen molar-refractivity contribution in [2.24, 2.45) is 4.40 Å². The van der Waals surface area contributed by atoms with Crippen LogP contribution in [0.1, 0.15) is 11.1 Å². The van der Waals surface area contributed by atoms with E-state index in [-0.39, 0.29) is 17.0 Å². The van der Waals surface area contributed by atoms with Gasteiger partial charge in [0.2, 0.25) is 0 Å². The van der Waals surface area contributed by atoms with Crippen molar-refractivity contribution >= 4 is 79.8 Å². The quantitative estimate of drug-likeness (QED) is 0.416. The first kappa shape index (κ1) is 14.6. The van der Waals surface area contributed by atoms with Gasteiger partial charge < -0.3 is 0 Å². The third kappa shape index (κ3) is 1.61. The van der Waals surface area contributed by atoms with Crippen LogP contribution >= 0.6 is 47.2 Å². The Morgan fingerprint density at radius 2 is 1.75 bits per heavy atom. The second-order valence-electron chi connectivity index (χ2n) is 5.11. The average Bonchev–Trinajstić information content (AvgIpc) is 3.27. The number of benzene rings is 1. The van der Waals surface area contributed by atoms with E-state index in [1.807, 2.05) is 0 Å². The minimum atomic E-state index is -0.452. The molecule has 10 heteroatoms. The van der Waals surface area contributed by atoms with Crippen LogP contribution in [-0.4, -0.2) is 20.2 Å². The monoisotopic (exact) mass is 394 g/mol. The number of hydrogen-bond donors (Lipinski definition) is 2. The first-order valence-corrected chi connectivity index (χ1v) is 9.46. The Hall–Kier alpha value is -1.75. The number of nitrogens with zero attached hydrogens (tertiary/aromatic N) is 3. The molecule has 0 saturated carbocycles. The lowest BCUT2D eigenvalue weighted by atomic mass is 9.86. The molecule has 24 heavy (non-hydrogen) atoms. The van der Waals surface area contributed by atoms with E-state index in [0.29, 0.717) is 37.1 Å². The third-order valence-corrected chi connectivity index (χ3v) is 6.65. The van der Waals surface area contributed by atoms with Gasteiger partial charge in [-0.05, 0) is 12.8 Å². The summed E-state index contributed by atoms with van der Waals surface area (Å²) in [5.74, 6) is -0.845. The highest BCUT2D eigenvalue weighted by molar-refractivity contribution is 7.79. The fourth-order valence-corrected chi connectivity index (χ4v) is 5.74. The molecular formula is C14H4F2N4S4. The van der Waals surface area contributed by atoms with Gasteiger partial charge in [0.15, 0.2) is 0 Å². The predicted octanol–water partition coefficient (Wildman–Crippen LogP) is 4.93. The highest BCUT2D eigenvalue weighted by atomic mass is 32.1. The number of thiophene rings is 2. The number of nitrogens with one attached hydrogen (secondary N) is 1. The molecule has 3 aromatic heterocycles. The summed E-state index contributed by atoms with van der Waals surface area (Å²) in [5, 5.41) is 11.6. The SMILES string of the molecule is N=C1/C(=N\S)c2c(F)csc2-c2c1c1scc(F)c1c1nsnc21. The summed E-state index contributed by atoms with van der Waals surface area (Å²) in [4.78, 5) is 0.625. The first-order chi connectivity index (χ1) is 11.6. The maximum absolute atomic E-state index is 14.3. The van der Waals surface area contributed by atoms with Crippen molar-refractivity contribution in [3.8, 4) is 10.4 Å². The van der Waals surface area contributed by atoms with E-state index >= 15 is 0 Å². The number of hydrogen-bond acceptors (Lipinski definition) is 8. The van der Waals surface area contributed by atoms with E-state index in [2.05, 4.69) is 26.0 Å². The molecule has 0 bridgehead atoms. The van der Waals surface area contributed by atoms with Gasteiger partial charge in [0.05, 0.1) is 28.4 Å². The number of aromatic nitrogens is 2. The molecule has 0 amide bonds. The normalized spacial score (nSPS) is 15.5. The van der Waals surface area contributed by atoms with Crippen LogP contribution in [0.4, 0.5) is 8.78 Å². The van der Waals surface area contributed by atoms with Gasteiger partial charge in [0, 0.05) is 31.5 Å². The Labute approximate surface area is 150 Å². The number of halogens is 2.